The quantitative estimate of drug-likeness (QED) is 0.175. The zero-order valence-corrected chi connectivity index (χ0v) is 29.9. The summed E-state index contributed by atoms with van der Waals surface area (Å²) in [4.78, 5) is 0. The first-order valence-corrected chi connectivity index (χ1v) is 17.6. The highest BCUT2D eigenvalue weighted by atomic mass is 16.3. The van der Waals surface area contributed by atoms with Gasteiger partial charge >= 0.3 is 0 Å². The first-order valence-electron chi connectivity index (χ1n) is 17.6. The Morgan fingerprint density at radius 3 is 1.04 bits per heavy atom. The van der Waals surface area contributed by atoms with Gasteiger partial charge in [-0.15, -0.1) is 0 Å². The van der Waals surface area contributed by atoms with Crippen molar-refractivity contribution in [3.63, 3.8) is 0 Å². The monoisotopic (exact) mass is 646 g/mol. The van der Waals surface area contributed by atoms with E-state index >= 15 is 0 Å². The predicted octanol–water partition coefficient (Wildman–Crippen LogP) is 14.2. The lowest BCUT2D eigenvalue weighted by Crippen LogP contribution is -1.93. The van der Waals surface area contributed by atoms with Gasteiger partial charge in [0.05, 0.1) is 0 Å². The Morgan fingerprint density at radius 1 is 0.300 bits per heavy atom. The van der Waals surface area contributed by atoms with Crippen LogP contribution in [0, 0.1) is 55.4 Å². The first kappa shape index (κ1) is 29.3. The molecule has 0 radical (unpaired) electrons. The maximum atomic E-state index is 6.91. The number of hydrogen-bond donors (Lipinski definition) is 0. The maximum absolute atomic E-state index is 6.91. The molecule has 50 heavy (non-hydrogen) atoms. The van der Waals surface area contributed by atoms with Gasteiger partial charge in [-0.25, -0.2) is 0 Å². The predicted molar refractivity (Wildman–Crippen MR) is 213 cm³/mol. The average Bonchev–Trinajstić information content (AvgIpc) is 3.59. The summed E-state index contributed by atoms with van der Waals surface area (Å²) in [6.07, 6.45) is 0. The minimum atomic E-state index is 0.935. The Kier molecular flexibility index (Phi) is 5.86. The van der Waals surface area contributed by atoms with Crippen molar-refractivity contribution in [1.29, 1.82) is 0 Å². The smallest absolute Gasteiger partial charge is 0.143 e. The second kappa shape index (κ2) is 9.98. The van der Waals surface area contributed by atoms with E-state index in [1.165, 1.54) is 99.1 Å². The molecule has 242 valence electrons. The van der Waals surface area contributed by atoms with Gasteiger partial charge in [0.25, 0.3) is 0 Å². The van der Waals surface area contributed by atoms with Crippen LogP contribution in [0.1, 0.15) is 44.5 Å². The van der Waals surface area contributed by atoms with Crippen molar-refractivity contribution >= 4 is 76.2 Å². The zero-order valence-electron chi connectivity index (χ0n) is 29.9. The van der Waals surface area contributed by atoms with Crippen molar-refractivity contribution in [1.82, 2.24) is 0 Å². The lowest BCUT2D eigenvalue weighted by Gasteiger charge is -2.19. The Bertz CT molecular complexity index is 2860. The Balaban J connectivity index is 1.51. The van der Waals surface area contributed by atoms with E-state index in [1.807, 2.05) is 0 Å². The van der Waals surface area contributed by atoms with E-state index in [9.17, 15) is 0 Å². The van der Waals surface area contributed by atoms with Crippen LogP contribution in [-0.2, 0) is 0 Å². The van der Waals surface area contributed by atoms with E-state index in [2.05, 4.69) is 140 Å². The van der Waals surface area contributed by atoms with Gasteiger partial charge in [-0.05, 0) is 159 Å². The summed E-state index contributed by atoms with van der Waals surface area (Å²) in [5.41, 5.74) is 18.7. The van der Waals surface area contributed by atoms with Crippen LogP contribution in [0.3, 0.4) is 0 Å². The fourth-order valence-corrected chi connectivity index (χ4v) is 8.80. The molecule has 0 saturated heterocycles. The van der Waals surface area contributed by atoms with Gasteiger partial charge in [0, 0.05) is 43.1 Å². The standard InChI is InChI=1S/C48H38O2/c1-23-9-24(2)12-31(11-23)33-19-41-46-38(22-40-36-16-28(6)30(8)18-44(36)49-47(40)41)34(32-13-25(3)10-26(4)14-32)20-42-45(46)37(33)21-39-35-15-27(5)29(7)17-43(35)50-48(39)42/h9-22H,1-8H3. The molecule has 2 aromatic heterocycles. The molecule has 2 heteroatoms. The largest absolute Gasteiger partial charge is 0.455 e. The van der Waals surface area contributed by atoms with Crippen molar-refractivity contribution in [3.8, 4) is 22.3 Å². The summed E-state index contributed by atoms with van der Waals surface area (Å²) in [7, 11) is 0. The van der Waals surface area contributed by atoms with Crippen LogP contribution in [0.5, 0.6) is 0 Å². The summed E-state index contributed by atoms with van der Waals surface area (Å²) >= 11 is 0. The Labute approximate surface area is 291 Å². The normalized spacial score (nSPS) is 12.4. The number of rotatable bonds is 2. The van der Waals surface area contributed by atoms with Crippen LogP contribution >= 0.6 is 0 Å². The van der Waals surface area contributed by atoms with Gasteiger partial charge in [-0.1, -0.05) is 58.7 Å². The van der Waals surface area contributed by atoms with Gasteiger partial charge in [0.2, 0.25) is 0 Å². The Morgan fingerprint density at radius 2 is 0.660 bits per heavy atom. The molecular weight excluding hydrogens is 609 g/mol. The van der Waals surface area contributed by atoms with Crippen LogP contribution in [0.2, 0.25) is 0 Å². The number of aryl methyl sites for hydroxylation is 8. The average molecular weight is 647 g/mol. The highest BCUT2D eigenvalue weighted by molar-refractivity contribution is 6.38. The molecule has 0 fully saturated rings. The molecule has 0 bridgehead atoms. The van der Waals surface area contributed by atoms with E-state index in [0.717, 1.165) is 43.9 Å². The van der Waals surface area contributed by atoms with Crippen LogP contribution in [-0.4, -0.2) is 0 Å². The molecule has 0 unspecified atom stereocenters. The van der Waals surface area contributed by atoms with E-state index in [4.69, 9.17) is 8.83 Å². The Hall–Kier alpha value is -5.60. The number of hydrogen-bond acceptors (Lipinski definition) is 2. The molecule has 0 aliphatic rings. The molecule has 0 saturated carbocycles. The molecule has 0 N–H and O–H groups in total. The molecule has 2 heterocycles. The molecular formula is C48H38O2. The highest BCUT2D eigenvalue weighted by Crippen LogP contribution is 2.51. The first-order chi connectivity index (χ1) is 24.0. The third-order valence-electron chi connectivity index (χ3n) is 11.3. The number of benzene rings is 8. The summed E-state index contributed by atoms with van der Waals surface area (Å²) < 4.78 is 13.8. The number of fused-ring (bicyclic) bond motifs is 8. The molecule has 0 aliphatic heterocycles. The fraction of sp³-hybridized carbons (Fsp3) is 0.167. The SMILES string of the molecule is Cc1cc(C)cc(-c2cc3c4oc5cc(C)c(C)cc5c4cc4c(-c5cc(C)cc(C)c5)cc5c6oc7cc(C)c(C)cc7c6cc2c5c43)c1. The molecule has 2 nitrogen and oxygen atoms in total. The summed E-state index contributed by atoms with van der Waals surface area (Å²) in [5, 5.41) is 11.9. The second-order valence-corrected chi connectivity index (χ2v) is 15.1. The third kappa shape index (κ3) is 4.02. The molecule has 0 aliphatic carbocycles. The summed E-state index contributed by atoms with van der Waals surface area (Å²) in [6, 6.07) is 32.5. The molecule has 0 amide bonds. The van der Waals surface area contributed by atoms with Gasteiger partial charge in [0.15, 0.2) is 0 Å². The lowest BCUT2D eigenvalue weighted by atomic mass is 9.83. The van der Waals surface area contributed by atoms with Crippen molar-refractivity contribution in [2.75, 3.05) is 0 Å². The van der Waals surface area contributed by atoms with E-state index in [0.29, 0.717) is 0 Å². The van der Waals surface area contributed by atoms with Crippen LogP contribution in [0.15, 0.2) is 93.8 Å². The van der Waals surface area contributed by atoms with Crippen LogP contribution < -0.4 is 0 Å². The van der Waals surface area contributed by atoms with Gasteiger partial charge in [-0.3, -0.25) is 0 Å². The summed E-state index contributed by atoms with van der Waals surface area (Å²) in [6.45, 7) is 17.5. The van der Waals surface area contributed by atoms with Gasteiger partial charge in [-0.2, -0.15) is 0 Å². The molecule has 8 aromatic carbocycles. The number of furan rings is 2. The van der Waals surface area contributed by atoms with Crippen molar-refractivity contribution < 1.29 is 8.83 Å². The zero-order chi connectivity index (χ0) is 34.3. The topological polar surface area (TPSA) is 26.3 Å². The fourth-order valence-electron chi connectivity index (χ4n) is 8.80. The van der Waals surface area contributed by atoms with Crippen molar-refractivity contribution in [2.45, 2.75) is 55.4 Å². The van der Waals surface area contributed by atoms with E-state index < -0.39 is 0 Å². The van der Waals surface area contributed by atoms with Crippen LogP contribution in [0.25, 0.3) is 98.4 Å². The third-order valence-corrected chi connectivity index (χ3v) is 11.3. The highest BCUT2D eigenvalue weighted by Gasteiger charge is 2.25. The molecule has 0 spiro atoms. The van der Waals surface area contributed by atoms with Gasteiger partial charge < -0.3 is 8.83 Å². The minimum absolute atomic E-state index is 0.935. The molecule has 10 aromatic rings. The molecule has 10 rings (SSSR count). The van der Waals surface area contributed by atoms with E-state index in [-0.39, 0.29) is 0 Å². The lowest BCUT2D eigenvalue weighted by molar-refractivity contribution is 0.671. The second-order valence-electron chi connectivity index (χ2n) is 15.1. The van der Waals surface area contributed by atoms with E-state index in [1.54, 1.807) is 0 Å². The molecule has 0 atom stereocenters. The minimum Gasteiger partial charge on any atom is -0.455 e. The van der Waals surface area contributed by atoms with Crippen molar-refractivity contribution in [3.05, 3.63) is 129 Å². The van der Waals surface area contributed by atoms with Crippen LogP contribution in [0.4, 0.5) is 0 Å². The maximum Gasteiger partial charge on any atom is 0.143 e. The van der Waals surface area contributed by atoms with Crippen molar-refractivity contribution in [2.24, 2.45) is 0 Å². The van der Waals surface area contributed by atoms with Gasteiger partial charge in [0.1, 0.15) is 22.3 Å². The summed E-state index contributed by atoms with van der Waals surface area (Å²) in [5.74, 6) is 0.